The van der Waals surface area contributed by atoms with Crippen molar-refractivity contribution < 1.29 is 8.42 Å². The van der Waals surface area contributed by atoms with Crippen LogP contribution in [0.3, 0.4) is 0 Å². The minimum Gasteiger partial charge on any atom is -0.299 e. The molecule has 0 N–H and O–H groups in total. The average molecular weight is 391 g/mol. The number of imidazole rings is 1. The highest BCUT2D eigenvalue weighted by molar-refractivity contribution is 7.92. The first-order valence-corrected chi connectivity index (χ1v) is 10.6. The third-order valence-electron chi connectivity index (χ3n) is 4.88. The Bertz CT molecular complexity index is 1240. The molecular weight excluding hydrogens is 370 g/mol. The zero-order chi connectivity index (χ0) is 19.9. The lowest BCUT2D eigenvalue weighted by Crippen LogP contribution is -2.13. The molecule has 0 atom stereocenters. The molecule has 4 rings (SSSR count). The summed E-state index contributed by atoms with van der Waals surface area (Å²) in [4.78, 5) is 9.10. The van der Waals surface area contributed by atoms with Gasteiger partial charge in [0.1, 0.15) is 5.65 Å². The number of sulfone groups is 1. The van der Waals surface area contributed by atoms with Crippen molar-refractivity contribution in [3.05, 3.63) is 72.8 Å². The van der Waals surface area contributed by atoms with Gasteiger partial charge in [-0.2, -0.15) is 0 Å². The molecule has 5 nitrogen and oxygen atoms in total. The minimum atomic E-state index is -3.28. The second kappa shape index (κ2) is 6.87. The van der Waals surface area contributed by atoms with Gasteiger partial charge in [-0.05, 0) is 50.6 Å². The van der Waals surface area contributed by atoms with Gasteiger partial charge in [-0.15, -0.1) is 0 Å². The minimum absolute atomic E-state index is 0.340. The van der Waals surface area contributed by atoms with Crippen LogP contribution in [0.2, 0.25) is 0 Å². The fourth-order valence-corrected chi connectivity index (χ4v) is 4.31. The van der Waals surface area contributed by atoms with Gasteiger partial charge in [0, 0.05) is 35.3 Å². The summed E-state index contributed by atoms with van der Waals surface area (Å²) in [5.41, 5.74) is 5.85. The van der Waals surface area contributed by atoms with E-state index in [1.807, 2.05) is 54.2 Å². The molecule has 0 bridgehead atoms. The number of nitrogens with zero attached hydrogens (tertiary/aromatic N) is 3. The van der Waals surface area contributed by atoms with Crippen LogP contribution in [0.1, 0.15) is 19.4 Å². The SMILES string of the molecule is Cc1cc(-c2cccnc2)cn2c(-c3ccc(S(=O)(=O)C(C)C)cc3)cnc12. The predicted molar refractivity (Wildman–Crippen MR) is 111 cm³/mol. The van der Waals surface area contributed by atoms with E-state index in [-0.39, 0.29) is 0 Å². The van der Waals surface area contributed by atoms with Gasteiger partial charge in [-0.3, -0.25) is 9.38 Å². The van der Waals surface area contributed by atoms with Crippen LogP contribution >= 0.6 is 0 Å². The van der Waals surface area contributed by atoms with Crippen LogP contribution in [0.25, 0.3) is 28.0 Å². The number of hydrogen-bond acceptors (Lipinski definition) is 4. The fourth-order valence-electron chi connectivity index (χ4n) is 3.25. The Hall–Kier alpha value is -2.99. The molecule has 4 aromatic rings. The Morgan fingerprint density at radius 2 is 1.71 bits per heavy atom. The standard InChI is InChI=1S/C22H21N3O2S/c1-15(2)28(26,27)20-8-6-17(7-9-20)21-13-24-22-16(3)11-19(14-25(21)22)18-5-4-10-23-12-18/h4-15H,1-3H3. The summed E-state index contributed by atoms with van der Waals surface area (Å²) in [7, 11) is -3.28. The first-order chi connectivity index (χ1) is 13.4. The quantitative estimate of drug-likeness (QED) is 0.512. The van der Waals surface area contributed by atoms with Crippen molar-refractivity contribution in [3.63, 3.8) is 0 Å². The van der Waals surface area contributed by atoms with E-state index < -0.39 is 15.1 Å². The van der Waals surface area contributed by atoms with Gasteiger partial charge < -0.3 is 0 Å². The molecule has 0 aliphatic rings. The predicted octanol–water partition coefficient (Wildman–Crippen LogP) is 4.55. The number of aryl methyl sites for hydroxylation is 1. The highest BCUT2D eigenvalue weighted by Crippen LogP contribution is 2.28. The van der Waals surface area contributed by atoms with Gasteiger partial charge in [0.2, 0.25) is 0 Å². The Labute approximate surface area is 164 Å². The summed E-state index contributed by atoms with van der Waals surface area (Å²) in [6, 6.07) is 13.0. The summed E-state index contributed by atoms with van der Waals surface area (Å²) < 4.78 is 26.8. The highest BCUT2D eigenvalue weighted by atomic mass is 32.2. The van der Waals surface area contributed by atoms with Crippen LogP contribution in [0, 0.1) is 6.92 Å². The Kier molecular flexibility index (Phi) is 4.51. The van der Waals surface area contributed by atoms with Gasteiger partial charge in [0.05, 0.1) is 22.0 Å². The van der Waals surface area contributed by atoms with E-state index in [4.69, 9.17) is 0 Å². The summed E-state index contributed by atoms with van der Waals surface area (Å²) in [5.74, 6) is 0. The third-order valence-corrected chi connectivity index (χ3v) is 7.05. The number of aromatic nitrogens is 3. The largest absolute Gasteiger partial charge is 0.299 e. The van der Waals surface area contributed by atoms with E-state index in [2.05, 4.69) is 16.0 Å². The highest BCUT2D eigenvalue weighted by Gasteiger charge is 2.19. The molecule has 0 amide bonds. The van der Waals surface area contributed by atoms with Gasteiger partial charge in [0.15, 0.2) is 9.84 Å². The molecule has 0 aliphatic heterocycles. The molecular formula is C22H21N3O2S. The van der Waals surface area contributed by atoms with Crippen LogP contribution in [-0.2, 0) is 9.84 Å². The van der Waals surface area contributed by atoms with Crippen molar-refractivity contribution in [1.29, 1.82) is 0 Å². The molecule has 0 spiro atoms. The smallest absolute Gasteiger partial charge is 0.180 e. The van der Waals surface area contributed by atoms with E-state index in [1.165, 1.54) is 0 Å². The first kappa shape index (κ1) is 18.4. The Morgan fingerprint density at radius 1 is 0.964 bits per heavy atom. The molecule has 0 fully saturated rings. The number of pyridine rings is 2. The topological polar surface area (TPSA) is 64.3 Å². The fraction of sp³-hybridized carbons (Fsp3) is 0.182. The van der Waals surface area contributed by atoms with E-state index in [9.17, 15) is 8.42 Å². The number of rotatable bonds is 4. The molecule has 0 saturated heterocycles. The maximum absolute atomic E-state index is 12.4. The third kappa shape index (κ3) is 3.10. The van der Waals surface area contributed by atoms with Gasteiger partial charge in [-0.25, -0.2) is 13.4 Å². The second-order valence-corrected chi connectivity index (χ2v) is 9.61. The molecule has 0 unspecified atom stereocenters. The molecule has 1 aromatic carbocycles. The number of fused-ring (bicyclic) bond motifs is 1. The van der Waals surface area contributed by atoms with E-state index in [0.717, 1.165) is 33.6 Å². The van der Waals surface area contributed by atoms with Crippen LogP contribution in [0.15, 0.2) is 72.1 Å². The van der Waals surface area contributed by atoms with Crippen LogP contribution in [0.5, 0.6) is 0 Å². The van der Waals surface area contributed by atoms with Crippen LogP contribution in [-0.4, -0.2) is 28.0 Å². The molecule has 0 saturated carbocycles. The van der Waals surface area contributed by atoms with E-state index in [1.54, 1.807) is 32.2 Å². The zero-order valence-corrected chi connectivity index (χ0v) is 16.8. The summed E-state index contributed by atoms with van der Waals surface area (Å²) >= 11 is 0. The lowest BCUT2D eigenvalue weighted by Gasteiger charge is -2.10. The van der Waals surface area contributed by atoms with Gasteiger partial charge in [-0.1, -0.05) is 18.2 Å². The number of benzene rings is 1. The first-order valence-electron chi connectivity index (χ1n) is 9.10. The van der Waals surface area contributed by atoms with Gasteiger partial charge >= 0.3 is 0 Å². The van der Waals surface area contributed by atoms with Crippen molar-refractivity contribution in [1.82, 2.24) is 14.4 Å². The summed E-state index contributed by atoms with van der Waals surface area (Å²) in [6.07, 6.45) is 7.45. The molecule has 0 radical (unpaired) electrons. The van der Waals surface area contributed by atoms with Gasteiger partial charge in [0.25, 0.3) is 0 Å². The molecule has 6 heteroatoms. The van der Waals surface area contributed by atoms with Crippen molar-refractivity contribution in [2.75, 3.05) is 0 Å². The average Bonchev–Trinajstić information content (AvgIpc) is 3.13. The molecule has 3 aromatic heterocycles. The van der Waals surface area contributed by atoms with Crippen molar-refractivity contribution in [3.8, 4) is 22.4 Å². The second-order valence-electron chi connectivity index (χ2n) is 7.11. The lowest BCUT2D eigenvalue weighted by molar-refractivity contribution is 0.587. The lowest BCUT2D eigenvalue weighted by atomic mass is 10.1. The zero-order valence-electron chi connectivity index (χ0n) is 16.0. The number of hydrogen-bond donors (Lipinski definition) is 0. The summed E-state index contributed by atoms with van der Waals surface area (Å²) in [6.45, 7) is 5.41. The van der Waals surface area contributed by atoms with Crippen LogP contribution < -0.4 is 0 Å². The van der Waals surface area contributed by atoms with Crippen LogP contribution in [0.4, 0.5) is 0 Å². The maximum Gasteiger partial charge on any atom is 0.180 e. The monoisotopic (exact) mass is 391 g/mol. The molecule has 3 heterocycles. The van der Waals surface area contributed by atoms with Crippen molar-refractivity contribution in [2.24, 2.45) is 0 Å². The van der Waals surface area contributed by atoms with Crippen molar-refractivity contribution in [2.45, 2.75) is 30.9 Å². The van der Waals surface area contributed by atoms with E-state index in [0.29, 0.717) is 4.90 Å². The molecule has 142 valence electrons. The molecule has 28 heavy (non-hydrogen) atoms. The summed E-state index contributed by atoms with van der Waals surface area (Å²) in [5, 5.41) is -0.446. The normalized spacial score (nSPS) is 12.0. The Balaban J connectivity index is 1.83. The van der Waals surface area contributed by atoms with E-state index >= 15 is 0 Å². The molecule has 0 aliphatic carbocycles. The van der Waals surface area contributed by atoms with Crippen molar-refractivity contribution >= 4 is 15.5 Å². The maximum atomic E-state index is 12.4. The Morgan fingerprint density at radius 3 is 2.36 bits per heavy atom.